The van der Waals surface area contributed by atoms with Gasteiger partial charge in [0.1, 0.15) is 0 Å². The predicted molar refractivity (Wildman–Crippen MR) is 101 cm³/mol. The normalized spacial score (nSPS) is 10.8. The van der Waals surface area contributed by atoms with E-state index >= 15 is 0 Å². The molecule has 26 heavy (non-hydrogen) atoms. The third-order valence-corrected chi connectivity index (χ3v) is 4.14. The molecule has 0 fully saturated rings. The van der Waals surface area contributed by atoms with Crippen LogP contribution in [0.1, 0.15) is 31.8 Å². The summed E-state index contributed by atoms with van der Waals surface area (Å²) in [6.07, 6.45) is 3.61. The first kappa shape index (κ1) is 17.4. The number of methoxy groups -OCH3 is 2. The molecule has 0 bridgehead atoms. The molecule has 0 aromatic heterocycles. The molecule has 0 unspecified atom stereocenters. The van der Waals surface area contributed by atoms with Gasteiger partial charge in [0.25, 0.3) is 0 Å². The van der Waals surface area contributed by atoms with E-state index in [2.05, 4.69) is 0 Å². The van der Waals surface area contributed by atoms with Crippen molar-refractivity contribution in [1.29, 1.82) is 0 Å². The fourth-order valence-electron chi connectivity index (χ4n) is 2.95. The van der Waals surface area contributed by atoms with Crippen molar-refractivity contribution in [2.24, 2.45) is 0 Å². The van der Waals surface area contributed by atoms with Crippen LogP contribution in [-0.4, -0.2) is 26.2 Å². The minimum atomic E-state index is -0.496. The van der Waals surface area contributed by atoms with Gasteiger partial charge in [-0.15, -0.1) is 0 Å². The Bertz CT molecular complexity index is 891. The van der Waals surface area contributed by atoms with Crippen LogP contribution in [0.4, 0.5) is 0 Å². The summed E-state index contributed by atoms with van der Waals surface area (Å²) in [6.45, 7) is 0. The highest BCUT2D eigenvalue weighted by atomic mass is 16.5. The SMILES string of the molecule is COC(=O)c1c2cccccc-2c(C(=O)OC)c1/C=C/c1ccccc1. The molecule has 0 aliphatic heterocycles. The van der Waals surface area contributed by atoms with Crippen molar-refractivity contribution in [1.82, 2.24) is 0 Å². The van der Waals surface area contributed by atoms with E-state index in [-0.39, 0.29) is 0 Å². The van der Waals surface area contributed by atoms with Crippen molar-refractivity contribution in [3.8, 4) is 11.1 Å². The summed E-state index contributed by atoms with van der Waals surface area (Å²) < 4.78 is 9.94. The van der Waals surface area contributed by atoms with Gasteiger partial charge in [0.15, 0.2) is 0 Å². The molecule has 0 heterocycles. The maximum atomic E-state index is 12.5. The molecule has 1 aromatic rings. The van der Waals surface area contributed by atoms with Crippen molar-refractivity contribution >= 4 is 24.1 Å². The molecule has 0 amide bonds. The molecule has 0 saturated carbocycles. The maximum absolute atomic E-state index is 12.5. The second-order valence-electron chi connectivity index (χ2n) is 5.63. The molecule has 3 rings (SSSR count). The first-order valence-electron chi connectivity index (χ1n) is 8.12. The van der Waals surface area contributed by atoms with E-state index in [1.165, 1.54) is 14.2 Å². The lowest BCUT2D eigenvalue weighted by atomic mass is 10.1. The van der Waals surface area contributed by atoms with Gasteiger partial charge in [-0.25, -0.2) is 9.59 Å². The van der Waals surface area contributed by atoms with Gasteiger partial charge in [-0.3, -0.25) is 0 Å². The van der Waals surface area contributed by atoms with Crippen LogP contribution in [0, 0.1) is 0 Å². The highest BCUT2D eigenvalue weighted by molar-refractivity contribution is 6.13. The van der Waals surface area contributed by atoms with E-state index in [0.717, 1.165) is 5.56 Å². The standard InChI is InChI=1S/C22H18O4/c1-25-21(23)19-16-11-7-4-8-12-17(16)20(22(24)26-2)18(19)14-13-15-9-5-3-6-10-15/h3-14H,1-2H3/b14-13+. The Hall–Kier alpha value is -3.40. The largest absolute Gasteiger partial charge is 0.465 e. The summed E-state index contributed by atoms with van der Waals surface area (Å²) in [5.41, 5.74) is 3.45. The van der Waals surface area contributed by atoms with Crippen LogP contribution in [-0.2, 0) is 9.47 Å². The summed E-state index contributed by atoms with van der Waals surface area (Å²) in [6, 6.07) is 18.7. The number of esters is 2. The zero-order valence-electron chi connectivity index (χ0n) is 14.6. The van der Waals surface area contributed by atoms with Gasteiger partial charge in [-0.2, -0.15) is 0 Å². The van der Waals surface area contributed by atoms with Crippen LogP contribution >= 0.6 is 0 Å². The van der Waals surface area contributed by atoms with Crippen molar-refractivity contribution in [3.05, 3.63) is 82.9 Å². The van der Waals surface area contributed by atoms with Crippen LogP contribution in [0.5, 0.6) is 0 Å². The smallest absolute Gasteiger partial charge is 0.339 e. The minimum absolute atomic E-state index is 0.353. The highest BCUT2D eigenvalue weighted by Gasteiger charge is 2.30. The van der Waals surface area contributed by atoms with Gasteiger partial charge in [-0.1, -0.05) is 72.8 Å². The number of carbonyl (C=O) groups excluding carboxylic acids is 2. The van der Waals surface area contributed by atoms with E-state index in [9.17, 15) is 9.59 Å². The highest BCUT2D eigenvalue weighted by Crippen LogP contribution is 2.38. The Morgan fingerprint density at radius 1 is 0.692 bits per heavy atom. The number of hydrogen-bond acceptors (Lipinski definition) is 4. The Morgan fingerprint density at radius 3 is 1.62 bits per heavy atom. The lowest BCUT2D eigenvalue weighted by Crippen LogP contribution is -2.05. The average Bonchev–Trinajstić information content (AvgIpc) is 2.81. The topological polar surface area (TPSA) is 52.6 Å². The lowest BCUT2D eigenvalue weighted by molar-refractivity contribution is 0.0600. The predicted octanol–water partition coefficient (Wildman–Crippen LogP) is 4.54. The Morgan fingerprint density at radius 2 is 1.15 bits per heavy atom. The van der Waals surface area contributed by atoms with E-state index in [1.54, 1.807) is 18.2 Å². The third kappa shape index (κ3) is 3.22. The summed E-state index contributed by atoms with van der Waals surface area (Å²) in [5.74, 6) is -0.992. The van der Waals surface area contributed by atoms with E-state index < -0.39 is 11.9 Å². The molecule has 0 atom stereocenters. The van der Waals surface area contributed by atoms with Crippen molar-refractivity contribution in [3.63, 3.8) is 0 Å². The van der Waals surface area contributed by atoms with Crippen LogP contribution in [0.15, 0.2) is 60.7 Å². The molecule has 2 aliphatic rings. The first-order valence-corrected chi connectivity index (χ1v) is 8.12. The maximum Gasteiger partial charge on any atom is 0.339 e. The summed E-state index contributed by atoms with van der Waals surface area (Å²) in [4.78, 5) is 25.0. The van der Waals surface area contributed by atoms with Crippen LogP contribution < -0.4 is 0 Å². The molecule has 4 heteroatoms. The van der Waals surface area contributed by atoms with Gasteiger partial charge in [-0.05, 0) is 16.7 Å². The summed E-state index contributed by atoms with van der Waals surface area (Å²) in [5, 5.41) is 0. The van der Waals surface area contributed by atoms with Crippen LogP contribution in [0.25, 0.3) is 23.3 Å². The molecular weight excluding hydrogens is 328 g/mol. The summed E-state index contributed by atoms with van der Waals surface area (Å²) >= 11 is 0. The number of hydrogen-bond donors (Lipinski definition) is 0. The van der Waals surface area contributed by atoms with Crippen molar-refractivity contribution < 1.29 is 19.1 Å². The number of ether oxygens (including phenoxy) is 2. The van der Waals surface area contributed by atoms with Crippen molar-refractivity contribution in [2.45, 2.75) is 0 Å². The van der Waals surface area contributed by atoms with Crippen LogP contribution in [0.2, 0.25) is 0 Å². The fraction of sp³-hybridized carbons (Fsp3) is 0.0909. The van der Waals surface area contributed by atoms with Crippen molar-refractivity contribution in [2.75, 3.05) is 14.2 Å². The molecule has 0 saturated heterocycles. The fourth-order valence-corrected chi connectivity index (χ4v) is 2.95. The second kappa shape index (κ2) is 7.66. The molecule has 4 nitrogen and oxygen atoms in total. The number of fused-ring (bicyclic) bond motifs is 1. The molecule has 0 radical (unpaired) electrons. The molecule has 2 aliphatic carbocycles. The van der Waals surface area contributed by atoms with Gasteiger partial charge in [0, 0.05) is 5.56 Å². The molecule has 0 spiro atoms. The van der Waals surface area contributed by atoms with Gasteiger partial charge in [0.05, 0.1) is 25.3 Å². The lowest BCUT2D eigenvalue weighted by Gasteiger charge is -2.02. The van der Waals surface area contributed by atoms with Gasteiger partial charge >= 0.3 is 11.9 Å². The Balaban J connectivity index is 2.30. The molecule has 1 aromatic carbocycles. The number of benzene rings is 1. The molecule has 0 N–H and O–H groups in total. The molecule has 130 valence electrons. The van der Waals surface area contributed by atoms with Gasteiger partial charge < -0.3 is 9.47 Å². The quantitative estimate of drug-likeness (QED) is 0.651. The van der Waals surface area contributed by atoms with E-state index in [0.29, 0.717) is 27.8 Å². The minimum Gasteiger partial charge on any atom is -0.465 e. The third-order valence-electron chi connectivity index (χ3n) is 4.14. The number of rotatable bonds is 4. The molecular formula is C22H18O4. The zero-order chi connectivity index (χ0) is 18.5. The number of carbonyl (C=O) groups is 2. The monoisotopic (exact) mass is 346 g/mol. The van der Waals surface area contributed by atoms with E-state index in [1.807, 2.05) is 54.6 Å². The first-order chi connectivity index (χ1) is 12.7. The summed E-state index contributed by atoms with van der Waals surface area (Å²) in [7, 11) is 2.65. The van der Waals surface area contributed by atoms with Crippen LogP contribution in [0.3, 0.4) is 0 Å². The average molecular weight is 346 g/mol. The Labute approximate surface area is 152 Å². The second-order valence-corrected chi connectivity index (χ2v) is 5.63. The van der Waals surface area contributed by atoms with Gasteiger partial charge in [0.2, 0.25) is 0 Å². The zero-order valence-corrected chi connectivity index (χ0v) is 14.6. The van der Waals surface area contributed by atoms with E-state index in [4.69, 9.17) is 9.47 Å². The Kier molecular flexibility index (Phi) is 5.13.